The summed E-state index contributed by atoms with van der Waals surface area (Å²) in [4.78, 5) is 20.8. The van der Waals surface area contributed by atoms with Crippen LogP contribution in [-0.2, 0) is 0 Å². The number of para-hydroxylation sites is 1. The highest BCUT2D eigenvalue weighted by molar-refractivity contribution is 8.04. The number of allylic oxidation sites excluding steroid dienone is 18. The van der Waals surface area contributed by atoms with Crippen LogP contribution in [0.1, 0.15) is 68.9 Å². The van der Waals surface area contributed by atoms with Crippen LogP contribution in [-0.4, -0.2) is 34.8 Å². The van der Waals surface area contributed by atoms with Gasteiger partial charge >= 0.3 is 0 Å². The predicted molar refractivity (Wildman–Crippen MR) is 289 cm³/mol. The maximum absolute atomic E-state index is 5.68. The third-order valence-electron chi connectivity index (χ3n) is 16.3. The quantitative estimate of drug-likeness (QED) is 0.218. The Morgan fingerprint density at radius 3 is 2.35 bits per heavy atom. The Morgan fingerprint density at radius 1 is 0.710 bits per heavy atom. The van der Waals surface area contributed by atoms with Gasteiger partial charge < -0.3 is 10.2 Å². The van der Waals surface area contributed by atoms with Crippen LogP contribution in [0.3, 0.4) is 0 Å². The highest BCUT2D eigenvalue weighted by atomic mass is 32.2. The van der Waals surface area contributed by atoms with Crippen LogP contribution in [0, 0.1) is 35.5 Å². The van der Waals surface area contributed by atoms with E-state index in [1.54, 1.807) is 21.7 Å². The maximum atomic E-state index is 5.68. The molecule has 9 unspecified atom stereocenters. The number of fused-ring (bicyclic) bond motifs is 5. The molecule has 6 heteroatoms. The number of amidine groups is 2. The summed E-state index contributed by atoms with van der Waals surface area (Å²) in [5, 5.41) is 4.14. The molecule has 0 aromatic heterocycles. The van der Waals surface area contributed by atoms with Crippen LogP contribution >= 0.6 is 11.8 Å². The van der Waals surface area contributed by atoms with E-state index < -0.39 is 0 Å². The summed E-state index contributed by atoms with van der Waals surface area (Å²) < 4.78 is 0. The van der Waals surface area contributed by atoms with Crippen LogP contribution in [0.2, 0.25) is 0 Å². The van der Waals surface area contributed by atoms with E-state index in [4.69, 9.17) is 15.0 Å². The molecule has 0 saturated heterocycles. The second kappa shape index (κ2) is 18.4. The van der Waals surface area contributed by atoms with Gasteiger partial charge in [0.15, 0.2) is 6.17 Å². The maximum Gasteiger partial charge on any atom is 0.165 e. The lowest BCUT2D eigenvalue weighted by Crippen LogP contribution is -2.40. The average molecular weight is 918 g/mol. The van der Waals surface area contributed by atoms with Crippen molar-refractivity contribution >= 4 is 40.4 Å². The second-order valence-electron chi connectivity index (χ2n) is 20.2. The molecule has 4 heterocycles. The summed E-state index contributed by atoms with van der Waals surface area (Å²) in [7, 11) is 0. The Bertz CT molecular complexity index is 3020. The molecule has 342 valence electrons. The van der Waals surface area contributed by atoms with Gasteiger partial charge in [0, 0.05) is 64.5 Å². The van der Waals surface area contributed by atoms with Gasteiger partial charge in [-0.3, -0.25) is 4.99 Å². The van der Waals surface area contributed by atoms with Gasteiger partial charge in [-0.2, -0.15) is 0 Å². The van der Waals surface area contributed by atoms with Crippen LogP contribution in [0.15, 0.2) is 242 Å². The SMILES string of the molecule is C1=CCCC(C2N=C(CC3CC(C4C(c5ccccc5)=CC=CC4C4C=CC=CC4)=CN=C3C3=CC4SC5=C(C6=C(CC5)C5CC=CCC5N6c5ccccc5)C4C=C3)NC(c3ccccc3)=N2)=C1. The molecule has 0 spiro atoms. The van der Waals surface area contributed by atoms with Crippen molar-refractivity contribution in [3.8, 4) is 0 Å². The van der Waals surface area contributed by atoms with E-state index in [1.807, 2.05) is 0 Å². The lowest BCUT2D eigenvalue weighted by atomic mass is 9.66. The van der Waals surface area contributed by atoms with Crippen molar-refractivity contribution in [1.29, 1.82) is 0 Å². The molecular weight excluding hydrogens is 859 g/mol. The van der Waals surface area contributed by atoms with Crippen molar-refractivity contribution < 1.29 is 0 Å². The first-order valence-corrected chi connectivity index (χ1v) is 26.5. The molecule has 69 heavy (non-hydrogen) atoms. The van der Waals surface area contributed by atoms with E-state index >= 15 is 0 Å². The lowest BCUT2D eigenvalue weighted by Gasteiger charge is -2.39. The van der Waals surface area contributed by atoms with E-state index in [0.717, 1.165) is 68.6 Å². The van der Waals surface area contributed by atoms with Crippen molar-refractivity contribution in [3.05, 3.63) is 238 Å². The number of thioether (sulfide) groups is 1. The van der Waals surface area contributed by atoms with Crippen molar-refractivity contribution in [2.45, 2.75) is 75.2 Å². The third kappa shape index (κ3) is 7.95. The van der Waals surface area contributed by atoms with Crippen molar-refractivity contribution in [2.24, 2.45) is 50.5 Å². The van der Waals surface area contributed by atoms with Gasteiger partial charge in [-0.25, -0.2) is 9.98 Å². The molecule has 1 N–H and O–H groups in total. The smallest absolute Gasteiger partial charge is 0.165 e. The highest BCUT2D eigenvalue weighted by Crippen LogP contribution is 2.59. The van der Waals surface area contributed by atoms with E-state index in [0.29, 0.717) is 35.0 Å². The zero-order valence-corrected chi connectivity index (χ0v) is 40.0. The summed E-state index contributed by atoms with van der Waals surface area (Å²) in [6.07, 6.45) is 46.8. The van der Waals surface area contributed by atoms with Gasteiger partial charge in [-0.05, 0) is 119 Å². The zero-order valence-electron chi connectivity index (χ0n) is 39.2. The summed E-state index contributed by atoms with van der Waals surface area (Å²) in [5.41, 5.74) is 15.1. The van der Waals surface area contributed by atoms with Gasteiger partial charge in [0.25, 0.3) is 0 Å². The highest BCUT2D eigenvalue weighted by Gasteiger charge is 2.49. The Labute approximate surface area is 412 Å². The van der Waals surface area contributed by atoms with Crippen LogP contribution in [0.4, 0.5) is 5.69 Å². The molecule has 0 bridgehead atoms. The van der Waals surface area contributed by atoms with E-state index in [1.165, 1.54) is 45.7 Å². The van der Waals surface area contributed by atoms with Gasteiger partial charge in [-0.15, -0.1) is 11.8 Å². The molecule has 13 rings (SSSR count). The molecule has 4 aliphatic heterocycles. The Morgan fingerprint density at radius 2 is 1.54 bits per heavy atom. The molecule has 10 aliphatic rings. The first kappa shape index (κ1) is 42.6. The van der Waals surface area contributed by atoms with Crippen LogP contribution < -0.4 is 10.2 Å². The predicted octanol–water partition coefficient (Wildman–Crippen LogP) is 14.2. The molecule has 0 saturated carbocycles. The molecule has 0 fully saturated rings. The number of rotatable bonds is 9. The normalized spacial score (nSPS) is 30.8. The van der Waals surface area contributed by atoms with Gasteiger partial charge in [0.05, 0.1) is 5.71 Å². The first-order valence-electron chi connectivity index (χ1n) is 25.6. The Kier molecular flexibility index (Phi) is 11.4. The van der Waals surface area contributed by atoms with Crippen molar-refractivity contribution in [2.75, 3.05) is 4.90 Å². The minimum atomic E-state index is -0.251. The standard InChI is InChI=1S/C63H59N5S/c1-6-19-41(20-7-1)49-30-18-31-50(42-21-8-2-9-22-42)58(49)47-37-46(39-57-65-62(43-23-10-3-11-24-43)67-63(66-57)44-25-12-4-13-26-44)60(64-40-47)45-33-34-53-56(38-45)69-55-36-35-52-51-29-16-17-32-54(51)68(61(52)59(53)55)48-27-14-5-15-28-48/h1-12,14-21,23-25,27-28,30-31,33-34,38,40,42,46,50-51,53-54,56,58,63H,13,22,26,29,32,35-37,39H2,(H,65,66,67). The van der Waals surface area contributed by atoms with Crippen LogP contribution in [0.25, 0.3) is 5.57 Å². The van der Waals surface area contributed by atoms with Crippen molar-refractivity contribution in [3.63, 3.8) is 0 Å². The fraction of sp³-hybridized carbons (Fsp3) is 0.286. The number of benzene rings is 3. The fourth-order valence-corrected chi connectivity index (χ4v) is 14.6. The Balaban J connectivity index is 0.876. The monoisotopic (exact) mass is 917 g/mol. The Hall–Kier alpha value is -6.50. The average Bonchev–Trinajstić information content (AvgIpc) is 3.97. The number of hydrogen-bond donors (Lipinski definition) is 1. The second-order valence-corrected chi connectivity index (χ2v) is 21.5. The van der Waals surface area contributed by atoms with Crippen molar-refractivity contribution in [1.82, 2.24) is 5.32 Å². The van der Waals surface area contributed by atoms with Crippen LogP contribution in [0.5, 0.6) is 0 Å². The topological polar surface area (TPSA) is 52.4 Å². The number of hydrogen-bond acceptors (Lipinski definition) is 6. The molecular formula is C63H59N5S. The zero-order chi connectivity index (χ0) is 45.7. The molecule has 9 atom stereocenters. The minimum Gasteiger partial charge on any atom is -0.337 e. The van der Waals surface area contributed by atoms with Gasteiger partial charge in [0.2, 0.25) is 0 Å². The van der Waals surface area contributed by atoms with Gasteiger partial charge in [-0.1, -0.05) is 170 Å². The molecule has 3 aromatic rings. The molecule has 0 amide bonds. The fourth-order valence-electron chi connectivity index (χ4n) is 13.1. The first-order chi connectivity index (χ1) is 34.2. The molecule has 0 radical (unpaired) electrons. The molecule has 6 aliphatic carbocycles. The third-order valence-corrected chi connectivity index (χ3v) is 17.7. The number of anilines is 1. The summed E-state index contributed by atoms with van der Waals surface area (Å²) in [6.45, 7) is 0. The summed E-state index contributed by atoms with van der Waals surface area (Å²) >= 11 is 2.13. The summed E-state index contributed by atoms with van der Waals surface area (Å²) in [6, 6.07) is 33.4. The molecule has 5 nitrogen and oxygen atoms in total. The van der Waals surface area contributed by atoms with E-state index in [2.05, 4.69) is 210 Å². The van der Waals surface area contributed by atoms with E-state index in [9.17, 15) is 0 Å². The van der Waals surface area contributed by atoms with Gasteiger partial charge in [0.1, 0.15) is 11.7 Å². The largest absolute Gasteiger partial charge is 0.337 e. The number of nitrogens with zero attached hydrogens (tertiary/aromatic N) is 4. The number of nitrogens with one attached hydrogen (secondary N) is 1. The lowest BCUT2D eigenvalue weighted by molar-refractivity contribution is 0.399. The molecule has 3 aromatic carbocycles. The number of aliphatic imine (C=N–C) groups is 3. The summed E-state index contributed by atoms with van der Waals surface area (Å²) in [5.74, 6) is 3.85. The minimum absolute atomic E-state index is 0.104. The van der Waals surface area contributed by atoms with E-state index in [-0.39, 0.29) is 18.0 Å².